The molecule has 0 bridgehead atoms. The lowest BCUT2D eigenvalue weighted by molar-refractivity contribution is 0.0637. The van der Waals surface area contributed by atoms with E-state index in [1.54, 1.807) is 0 Å². The Morgan fingerprint density at radius 3 is 2.94 bits per heavy atom. The van der Waals surface area contributed by atoms with Gasteiger partial charge in [-0.25, -0.2) is 0 Å². The van der Waals surface area contributed by atoms with Crippen LogP contribution in [0.15, 0.2) is 18.2 Å². The van der Waals surface area contributed by atoms with Gasteiger partial charge in [0.15, 0.2) is 0 Å². The number of benzene rings is 1. The summed E-state index contributed by atoms with van der Waals surface area (Å²) in [5.41, 5.74) is 1.13. The summed E-state index contributed by atoms with van der Waals surface area (Å²) < 4.78 is 6.90. The van der Waals surface area contributed by atoms with E-state index in [0.29, 0.717) is 12.2 Å². The molecule has 2 atom stereocenters. The molecule has 88 valence electrons. The van der Waals surface area contributed by atoms with E-state index in [-0.39, 0.29) is 0 Å². The van der Waals surface area contributed by atoms with Gasteiger partial charge in [0.05, 0.1) is 12.2 Å². The maximum absolute atomic E-state index is 5.91. The van der Waals surface area contributed by atoms with Crippen LogP contribution in [0.3, 0.4) is 0 Å². The maximum atomic E-state index is 5.91. The summed E-state index contributed by atoms with van der Waals surface area (Å²) >= 11 is 8.19. The highest BCUT2D eigenvalue weighted by atomic mass is 127. The summed E-state index contributed by atoms with van der Waals surface area (Å²) in [6.07, 6.45) is 3.08. The molecular weight excluding hydrogens is 336 g/mol. The Balaban J connectivity index is 1.89. The number of ether oxygens (including phenoxy) is 1. The molecule has 0 amide bonds. The smallest absolute Gasteiger partial charge is 0.0751 e. The van der Waals surface area contributed by atoms with E-state index in [4.69, 9.17) is 16.3 Å². The predicted molar refractivity (Wildman–Crippen MR) is 76.2 cm³/mol. The molecule has 0 radical (unpaired) electrons. The van der Waals surface area contributed by atoms with E-state index >= 15 is 0 Å². The molecule has 16 heavy (non-hydrogen) atoms. The normalized spacial score (nSPS) is 24.7. The van der Waals surface area contributed by atoms with Crippen molar-refractivity contribution in [1.29, 1.82) is 0 Å². The molecule has 2 unspecified atom stereocenters. The molecule has 2 rings (SSSR count). The lowest BCUT2D eigenvalue weighted by atomic mass is 10.2. The highest BCUT2D eigenvalue weighted by molar-refractivity contribution is 14.1. The minimum Gasteiger partial charge on any atom is -0.382 e. The van der Waals surface area contributed by atoms with E-state index in [1.165, 1.54) is 6.42 Å². The van der Waals surface area contributed by atoms with Crippen LogP contribution in [0, 0.1) is 3.57 Å². The minimum atomic E-state index is 0.349. The van der Waals surface area contributed by atoms with Crippen molar-refractivity contribution < 1.29 is 4.74 Å². The molecular formula is C12H15ClINO. The van der Waals surface area contributed by atoms with Gasteiger partial charge in [0.25, 0.3) is 0 Å². The van der Waals surface area contributed by atoms with Crippen molar-refractivity contribution in [3.05, 3.63) is 26.8 Å². The molecule has 0 saturated carbocycles. The Morgan fingerprint density at radius 1 is 1.50 bits per heavy atom. The van der Waals surface area contributed by atoms with Crippen LogP contribution in [0.4, 0.5) is 5.69 Å². The summed E-state index contributed by atoms with van der Waals surface area (Å²) in [7, 11) is 0. The second kappa shape index (κ2) is 5.56. The Morgan fingerprint density at radius 2 is 2.31 bits per heavy atom. The van der Waals surface area contributed by atoms with Gasteiger partial charge >= 0.3 is 0 Å². The first-order valence-electron chi connectivity index (χ1n) is 5.49. The quantitative estimate of drug-likeness (QED) is 0.833. The number of nitrogens with one attached hydrogen (secondary N) is 1. The third-order valence-electron chi connectivity index (χ3n) is 2.77. The first kappa shape index (κ1) is 12.5. The summed E-state index contributed by atoms with van der Waals surface area (Å²) in [6, 6.07) is 5.88. The van der Waals surface area contributed by atoms with Gasteiger partial charge in [-0.1, -0.05) is 11.6 Å². The average Bonchev–Trinajstić information content (AvgIpc) is 2.63. The van der Waals surface area contributed by atoms with Crippen LogP contribution in [-0.2, 0) is 4.74 Å². The van der Waals surface area contributed by atoms with Gasteiger partial charge in [0, 0.05) is 20.8 Å². The largest absolute Gasteiger partial charge is 0.382 e. The third-order valence-corrected chi connectivity index (χ3v) is 3.90. The van der Waals surface area contributed by atoms with E-state index < -0.39 is 0 Å². The van der Waals surface area contributed by atoms with Crippen LogP contribution < -0.4 is 5.32 Å². The number of halogens is 2. The Hall–Kier alpha value is -0.0000000000000000763. The predicted octanol–water partition coefficient (Wildman–Crippen LogP) is 3.92. The van der Waals surface area contributed by atoms with Crippen LogP contribution in [0.25, 0.3) is 0 Å². The van der Waals surface area contributed by atoms with Crippen molar-refractivity contribution in [2.24, 2.45) is 0 Å². The van der Waals surface area contributed by atoms with Crippen molar-refractivity contribution in [1.82, 2.24) is 0 Å². The van der Waals surface area contributed by atoms with Gasteiger partial charge in [0.2, 0.25) is 0 Å². The van der Waals surface area contributed by atoms with Gasteiger partial charge in [-0.3, -0.25) is 0 Å². The summed E-state index contributed by atoms with van der Waals surface area (Å²) in [5.74, 6) is 0. The Bertz CT molecular complexity index is 372. The van der Waals surface area contributed by atoms with Gasteiger partial charge in [-0.2, -0.15) is 0 Å². The zero-order valence-electron chi connectivity index (χ0n) is 9.17. The average molecular weight is 352 g/mol. The zero-order valence-corrected chi connectivity index (χ0v) is 12.1. The monoisotopic (exact) mass is 351 g/mol. The second-order valence-electron chi connectivity index (χ2n) is 4.15. The molecule has 0 aliphatic carbocycles. The van der Waals surface area contributed by atoms with Crippen molar-refractivity contribution in [2.45, 2.75) is 32.0 Å². The molecule has 4 heteroatoms. The first-order chi connectivity index (χ1) is 7.65. The molecule has 2 nitrogen and oxygen atoms in total. The fourth-order valence-corrected chi connectivity index (χ4v) is 2.95. The molecule has 0 spiro atoms. The fraction of sp³-hybridized carbons (Fsp3) is 0.500. The van der Waals surface area contributed by atoms with E-state index in [1.807, 2.05) is 18.2 Å². The van der Waals surface area contributed by atoms with Crippen LogP contribution >= 0.6 is 34.2 Å². The van der Waals surface area contributed by atoms with Crippen LogP contribution in [-0.4, -0.2) is 18.8 Å². The standard InChI is InChI=1S/C12H15ClINO/c1-8-2-4-10(16-8)7-15-12-5-3-9(13)6-11(12)14/h3,5-6,8,10,15H,2,4,7H2,1H3. The van der Waals surface area contributed by atoms with Gasteiger partial charge in [-0.05, 0) is 60.6 Å². The van der Waals surface area contributed by atoms with Crippen molar-refractivity contribution in [2.75, 3.05) is 11.9 Å². The highest BCUT2D eigenvalue weighted by Crippen LogP contribution is 2.24. The molecule has 1 fully saturated rings. The maximum Gasteiger partial charge on any atom is 0.0751 e. The molecule has 1 N–H and O–H groups in total. The van der Waals surface area contributed by atoms with E-state index in [9.17, 15) is 0 Å². The second-order valence-corrected chi connectivity index (χ2v) is 5.75. The van der Waals surface area contributed by atoms with Crippen LogP contribution in [0.1, 0.15) is 19.8 Å². The number of hydrogen-bond acceptors (Lipinski definition) is 2. The number of hydrogen-bond donors (Lipinski definition) is 1. The number of anilines is 1. The van der Waals surface area contributed by atoms with Crippen molar-refractivity contribution >= 4 is 39.9 Å². The van der Waals surface area contributed by atoms with E-state index in [0.717, 1.165) is 27.2 Å². The van der Waals surface area contributed by atoms with Gasteiger partial charge in [-0.15, -0.1) is 0 Å². The Kier molecular flexibility index (Phi) is 4.33. The third kappa shape index (κ3) is 3.25. The number of rotatable bonds is 3. The van der Waals surface area contributed by atoms with Gasteiger partial charge < -0.3 is 10.1 Å². The summed E-state index contributed by atoms with van der Waals surface area (Å²) in [6.45, 7) is 3.01. The van der Waals surface area contributed by atoms with E-state index in [2.05, 4.69) is 34.8 Å². The molecule has 1 aromatic carbocycles. The lowest BCUT2D eigenvalue weighted by Crippen LogP contribution is -2.20. The van der Waals surface area contributed by atoms with Crippen molar-refractivity contribution in [3.63, 3.8) is 0 Å². The molecule has 1 aromatic rings. The molecule has 1 aliphatic heterocycles. The van der Waals surface area contributed by atoms with Crippen molar-refractivity contribution in [3.8, 4) is 0 Å². The zero-order chi connectivity index (χ0) is 11.5. The SMILES string of the molecule is CC1CCC(CNc2ccc(Cl)cc2I)O1. The van der Waals surface area contributed by atoms with Gasteiger partial charge in [0.1, 0.15) is 0 Å². The minimum absolute atomic E-state index is 0.349. The molecule has 0 aromatic heterocycles. The molecule has 1 aliphatic rings. The molecule has 1 heterocycles. The highest BCUT2D eigenvalue weighted by Gasteiger charge is 2.21. The first-order valence-corrected chi connectivity index (χ1v) is 6.95. The summed E-state index contributed by atoms with van der Waals surface area (Å²) in [5, 5.41) is 4.19. The topological polar surface area (TPSA) is 21.3 Å². The van der Waals surface area contributed by atoms with Crippen LogP contribution in [0.2, 0.25) is 5.02 Å². The lowest BCUT2D eigenvalue weighted by Gasteiger charge is -2.14. The summed E-state index contributed by atoms with van der Waals surface area (Å²) in [4.78, 5) is 0. The fourth-order valence-electron chi connectivity index (χ4n) is 1.89. The van der Waals surface area contributed by atoms with Crippen LogP contribution in [0.5, 0.6) is 0 Å². The molecule has 1 saturated heterocycles. The Labute approximate surface area is 115 Å².